The largest absolute Gasteiger partial charge is 0.378 e. The highest BCUT2D eigenvalue weighted by Crippen LogP contribution is 2.10. The molecule has 0 unspecified atom stereocenters. The maximum atomic E-state index is 5.91. The molecule has 1 aliphatic heterocycles. The van der Waals surface area contributed by atoms with Crippen LogP contribution in [0.25, 0.3) is 0 Å². The van der Waals surface area contributed by atoms with Crippen LogP contribution in [0.15, 0.2) is 29.3 Å². The first-order chi connectivity index (χ1) is 9.75. The summed E-state index contributed by atoms with van der Waals surface area (Å²) in [7, 11) is 0. The molecule has 110 valence electrons. The van der Waals surface area contributed by atoms with Gasteiger partial charge in [0.15, 0.2) is 5.96 Å². The first-order valence-corrected chi connectivity index (χ1v) is 7.08. The fourth-order valence-electron chi connectivity index (χ4n) is 1.89. The van der Waals surface area contributed by atoms with Crippen LogP contribution in [-0.2, 0) is 16.1 Å². The van der Waals surface area contributed by atoms with Crippen LogP contribution in [-0.4, -0.2) is 50.3 Å². The van der Waals surface area contributed by atoms with Gasteiger partial charge in [0.05, 0.1) is 33.0 Å². The summed E-state index contributed by atoms with van der Waals surface area (Å²) in [6.45, 7) is 4.71. The molecule has 1 aliphatic rings. The number of hydrogen-bond acceptors (Lipinski definition) is 3. The molecule has 1 heterocycles. The van der Waals surface area contributed by atoms with E-state index in [2.05, 4.69) is 4.99 Å². The molecule has 1 aromatic rings. The van der Waals surface area contributed by atoms with E-state index >= 15 is 0 Å². The molecule has 0 amide bonds. The fourth-order valence-corrected chi connectivity index (χ4v) is 2.01. The highest BCUT2D eigenvalue weighted by Gasteiger charge is 2.11. The Morgan fingerprint density at radius 3 is 2.70 bits per heavy atom. The maximum Gasteiger partial charge on any atom is 0.191 e. The van der Waals surface area contributed by atoms with E-state index in [4.69, 9.17) is 26.8 Å². The van der Waals surface area contributed by atoms with Gasteiger partial charge in [0.1, 0.15) is 0 Å². The maximum absolute atomic E-state index is 5.91. The predicted octanol–water partition coefficient (Wildman–Crippen LogP) is 1.50. The van der Waals surface area contributed by atoms with Crippen molar-refractivity contribution < 1.29 is 9.47 Å². The molecule has 0 bridgehead atoms. The summed E-state index contributed by atoms with van der Waals surface area (Å²) in [5.74, 6) is 0.573. The Morgan fingerprint density at radius 2 is 2.00 bits per heavy atom. The third-order valence-corrected chi connectivity index (χ3v) is 3.28. The minimum atomic E-state index is 0.549. The van der Waals surface area contributed by atoms with E-state index in [-0.39, 0.29) is 0 Å². The van der Waals surface area contributed by atoms with E-state index in [9.17, 15) is 0 Å². The standard InChI is InChI=1S/C14H20ClN3O2/c15-13-3-1-12(2-4-13)11-20-8-5-17-14(16)18-6-9-19-10-7-18/h1-4H,5-11H2,(H2,16,17). The van der Waals surface area contributed by atoms with Gasteiger partial charge in [-0.05, 0) is 17.7 Å². The van der Waals surface area contributed by atoms with Crippen molar-refractivity contribution in [3.8, 4) is 0 Å². The Hall–Kier alpha value is -1.30. The molecular formula is C14H20ClN3O2. The van der Waals surface area contributed by atoms with Gasteiger partial charge in [0.2, 0.25) is 0 Å². The Balaban J connectivity index is 1.64. The molecule has 0 saturated carbocycles. The van der Waals surface area contributed by atoms with Gasteiger partial charge in [0, 0.05) is 18.1 Å². The Bertz CT molecular complexity index is 431. The van der Waals surface area contributed by atoms with Crippen LogP contribution in [0.2, 0.25) is 5.02 Å². The second kappa shape index (κ2) is 8.09. The van der Waals surface area contributed by atoms with E-state index in [1.807, 2.05) is 29.2 Å². The first kappa shape index (κ1) is 15.1. The normalized spacial score (nSPS) is 16.4. The number of aliphatic imine (C=N–C) groups is 1. The van der Waals surface area contributed by atoms with E-state index in [0.29, 0.717) is 38.9 Å². The lowest BCUT2D eigenvalue weighted by molar-refractivity contribution is 0.0672. The number of halogens is 1. The predicted molar refractivity (Wildman–Crippen MR) is 80.0 cm³/mol. The molecule has 0 aliphatic carbocycles. The highest BCUT2D eigenvalue weighted by atomic mass is 35.5. The summed E-state index contributed by atoms with van der Waals surface area (Å²) in [6, 6.07) is 7.62. The first-order valence-electron chi connectivity index (χ1n) is 6.70. The van der Waals surface area contributed by atoms with Crippen LogP contribution in [0.4, 0.5) is 0 Å². The monoisotopic (exact) mass is 297 g/mol. The van der Waals surface area contributed by atoms with Crippen LogP contribution in [0, 0.1) is 0 Å². The minimum absolute atomic E-state index is 0.549. The summed E-state index contributed by atoms with van der Waals surface area (Å²) in [5, 5.41) is 0.733. The van der Waals surface area contributed by atoms with Crippen molar-refractivity contribution in [1.82, 2.24) is 4.90 Å². The Kier molecular flexibility index (Phi) is 6.11. The van der Waals surface area contributed by atoms with Crippen molar-refractivity contribution >= 4 is 17.6 Å². The highest BCUT2D eigenvalue weighted by molar-refractivity contribution is 6.30. The number of ether oxygens (including phenoxy) is 2. The SMILES string of the molecule is NC(=NCCOCc1ccc(Cl)cc1)N1CCOCC1. The van der Waals surface area contributed by atoms with Gasteiger partial charge in [-0.3, -0.25) is 4.99 Å². The molecule has 0 radical (unpaired) electrons. The lowest BCUT2D eigenvalue weighted by Crippen LogP contribution is -2.44. The molecule has 1 saturated heterocycles. The average molecular weight is 298 g/mol. The third-order valence-electron chi connectivity index (χ3n) is 3.03. The van der Waals surface area contributed by atoms with Crippen LogP contribution in [0.5, 0.6) is 0 Å². The van der Waals surface area contributed by atoms with Gasteiger partial charge in [-0.25, -0.2) is 0 Å². The Morgan fingerprint density at radius 1 is 1.30 bits per heavy atom. The summed E-state index contributed by atoms with van der Waals surface area (Å²) in [4.78, 5) is 6.34. The van der Waals surface area contributed by atoms with Crippen LogP contribution < -0.4 is 5.73 Å². The molecule has 1 aromatic carbocycles. The second-order valence-electron chi connectivity index (χ2n) is 4.52. The summed E-state index contributed by atoms with van der Waals surface area (Å²) in [6.07, 6.45) is 0. The van der Waals surface area contributed by atoms with E-state index in [1.165, 1.54) is 0 Å². The van der Waals surface area contributed by atoms with Gasteiger partial charge >= 0.3 is 0 Å². The third kappa shape index (κ3) is 5.00. The number of nitrogens with two attached hydrogens (primary N) is 1. The minimum Gasteiger partial charge on any atom is -0.378 e. The quantitative estimate of drug-likeness (QED) is 0.508. The zero-order valence-corrected chi connectivity index (χ0v) is 12.2. The molecule has 5 nitrogen and oxygen atoms in total. The number of rotatable bonds is 5. The molecule has 0 spiro atoms. The van der Waals surface area contributed by atoms with Gasteiger partial charge < -0.3 is 20.1 Å². The zero-order chi connectivity index (χ0) is 14.2. The lowest BCUT2D eigenvalue weighted by atomic mass is 10.2. The molecule has 20 heavy (non-hydrogen) atoms. The van der Waals surface area contributed by atoms with Crippen molar-refractivity contribution in [2.24, 2.45) is 10.7 Å². The lowest BCUT2D eigenvalue weighted by Gasteiger charge is -2.27. The number of morpholine rings is 1. The summed E-state index contributed by atoms with van der Waals surface area (Å²) >= 11 is 5.82. The summed E-state index contributed by atoms with van der Waals surface area (Å²) in [5.41, 5.74) is 7.01. The van der Waals surface area contributed by atoms with Crippen molar-refractivity contribution in [3.05, 3.63) is 34.9 Å². The van der Waals surface area contributed by atoms with Crippen LogP contribution >= 0.6 is 11.6 Å². The molecule has 0 atom stereocenters. The zero-order valence-electron chi connectivity index (χ0n) is 11.4. The van der Waals surface area contributed by atoms with Gasteiger partial charge in [0.25, 0.3) is 0 Å². The van der Waals surface area contributed by atoms with Crippen LogP contribution in [0.3, 0.4) is 0 Å². The van der Waals surface area contributed by atoms with E-state index in [0.717, 1.165) is 23.7 Å². The van der Waals surface area contributed by atoms with Crippen molar-refractivity contribution in [3.63, 3.8) is 0 Å². The number of hydrogen-bond donors (Lipinski definition) is 1. The number of benzene rings is 1. The van der Waals surface area contributed by atoms with Crippen molar-refractivity contribution in [1.29, 1.82) is 0 Å². The molecular weight excluding hydrogens is 278 g/mol. The molecule has 0 aromatic heterocycles. The summed E-state index contributed by atoms with van der Waals surface area (Å²) < 4.78 is 10.8. The smallest absolute Gasteiger partial charge is 0.191 e. The van der Waals surface area contributed by atoms with Crippen LogP contribution in [0.1, 0.15) is 5.56 Å². The topological polar surface area (TPSA) is 60.1 Å². The molecule has 2 rings (SSSR count). The molecule has 1 fully saturated rings. The van der Waals surface area contributed by atoms with E-state index < -0.39 is 0 Å². The molecule has 2 N–H and O–H groups in total. The van der Waals surface area contributed by atoms with Gasteiger partial charge in [-0.2, -0.15) is 0 Å². The van der Waals surface area contributed by atoms with Crippen molar-refractivity contribution in [2.75, 3.05) is 39.5 Å². The average Bonchev–Trinajstić information content (AvgIpc) is 2.49. The Labute approximate surface area is 124 Å². The second-order valence-corrected chi connectivity index (χ2v) is 4.95. The number of nitrogens with zero attached hydrogens (tertiary/aromatic N) is 2. The van der Waals surface area contributed by atoms with Gasteiger partial charge in [-0.1, -0.05) is 23.7 Å². The van der Waals surface area contributed by atoms with Crippen molar-refractivity contribution in [2.45, 2.75) is 6.61 Å². The number of guanidine groups is 1. The fraction of sp³-hybridized carbons (Fsp3) is 0.500. The molecule has 6 heteroatoms. The van der Waals surface area contributed by atoms with Gasteiger partial charge in [-0.15, -0.1) is 0 Å². The van der Waals surface area contributed by atoms with E-state index in [1.54, 1.807) is 0 Å².